The number of nitrogens with one attached hydrogen (secondary N) is 1. The quantitative estimate of drug-likeness (QED) is 0.416. The van der Waals surface area contributed by atoms with Crippen molar-refractivity contribution >= 4 is 40.9 Å². The normalized spacial score (nSPS) is 10.3. The largest absolute Gasteiger partial charge is 0.451 e. The molecule has 0 saturated carbocycles. The number of nitriles is 1. The second kappa shape index (κ2) is 10.6. The summed E-state index contributed by atoms with van der Waals surface area (Å²) in [7, 11) is 0. The fraction of sp³-hybridized carbons (Fsp3) is 0.136. The molecule has 0 unspecified atom stereocenters. The van der Waals surface area contributed by atoms with Gasteiger partial charge in [0, 0.05) is 21.7 Å². The van der Waals surface area contributed by atoms with E-state index in [9.17, 15) is 14.4 Å². The van der Waals surface area contributed by atoms with Gasteiger partial charge in [-0.1, -0.05) is 23.7 Å². The average Bonchev–Trinajstić information content (AvgIpc) is 2.78. The predicted molar refractivity (Wildman–Crippen MR) is 121 cm³/mol. The number of rotatable bonds is 7. The molecule has 0 aliphatic heterocycles. The van der Waals surface area contributed by atoms with Gasteiger partial charge >= 0.3 is 5.97 Å². The third kappa shape index (κ3) is 5.75. The molecule has 1 aromatic heterocycles. The molecule has 8 nitrogen and oxygen atoms in total. The van der Waals surface area contributed by atoms with Crippen LogP contribution in [0.2, 0.25) is 5.02 Å². The van der Waals surface area contributed by atoms with Crippen molar-refractivity contribution in [2.24, 2.45) is 0 Å². The van der Waals surface area contributed by atoms with Crippen molar-refractivity contribution in [2.75, 3.05) is 17.7 Å². The number of ether oxygens (including phenoxy) is 1. The van der Waals surface area contributed by atoms with Crippen LogP contribution >= 0.6 is 23.4 Å². The highest BCUT2D eigenvalue weighted by Crippen LogP contribution is 2.26. The third-order valence-electron chi connectivity index (χ3n) is 4.16. The first-order chi connectivity index (χ1) is 15.4. The maximum Gasteiger partial charge on any atom is 0.363 e. The molecule has 0 aliphatic carbocycles. The lowest BCUT2D eigenvalue weighted by Crippen LogP contribution is -2.27. The molecule has 0 radical (unpaired) electrons. The van der Waals surface area contributed by atoms with Gasteiger partial charge in [0.25, 0.3) is 5.91 Å². The first-order valence-electron chi connectivity index (χ1n) is 9.31. The van der Waals surface area contributed by atoms with Crippen molar-refractivity contribution in [1.82, 2.24) is 9.78 Å². The fourth-order valence-electron chi connectivity index (χ4n) is 2.72. The van der Waals surface area contributed by atoms with Crippen LogP contribution in [-0.2, 0) is 9.53 Å². The van der Waals surface area contributed by atoms with Gasteiger partial charge in [0.2, 0.25) is 11.1 Å². The number of para-hydroxylation sites is 1. The van der Waals surface area contributed by atoms with Crippen LogP contribution in [0.3, 0.4) is 0 Å². The number of hydrogen-bond donors (Lipinski definition) is 1. The van der Waals surface area contributed by atoms with Crippen molar-refractivity contribution in [2.45, 2.75) is 11.8 Å². The average molecular weight is 469 g/mol. The Morgan fingerprint density at radius 1 is 1.22 bits per heavy atom. The minimum atomic E-state index is -1.01. The first kappa shape index (κ1) is 23.1. The number of anilines is 1. The van der Waals surface area contributed by atoms with Gasteiger partial charge in [0.1, 0.15) is 0 Å². The van der Waals surface area contributed by atoms with Gasteiger partial charge in [-0.2, -0.15) is 10.4 Å². The Morgan fingerprint density at radius 2 is 1.94 bits per heavy atom. The minimum Gasteiger partial charge on any atom is -0.451 e. The molecule has 0 atom stereocenters. The molecule has 0 bridgehead atoms. The van der Waals surface area contributed by atoms with Gasteiger partial charge in [-0.15, -0.1) is 11.8 Å². The zero-order valence-electron chi connectivity index (χ0n) is 16.9. The number of aromatic nitrogens is 2. The lowest BCUT2D eigenvalue weighted by atomic mass is 10.3. The Balaban J connectivity index is 1.71. The number of esters is 1. The maximum absolute atomic E-state index is 12.4. The van der Waals surface area contributed by atoms with Crippen LogP contribution < -0.4 is 10.7 Å². The SMILES string of the molecule is Cc1cc(=O)c(C(=O)OCC(=O)Nc2ccccc2SCC#N)nn1-c1ccc(Cl)cc1. The van der Waals surface area contributed by atoms with Crippen LogP contribution in [0.15, 0.2) is 64.3 Å². The first-order valence-corrected chi connectivity index (χ1v) is 10.7. The van der Waals surface area contributed by atoms with Crippen molar-refractivity contribution in [3.8, 4) is 11.8 Å². The van der Waals surface area contributed by atoms with Crippen LogP contribution in [0.5, 0.6) is 0 Å². The van der Waals surface area contributed by atoms with Crippen LogP contribution in [0.25, 0.3) is 5.69 Å². The second-order valence-corrected chi connectivity index (χ2v) is 7.91. The van der Waals surface area contributed by atoms with E-state index < -0.39 is 29.6 Å². The summed E-state index contributed by atoms with van der Waals surface area (Å²) in [4.78, 5) is 37.7. The van der Waals surface area contributed by atoms with Crippen molar-refractivity contribution < 1.29 is 14.3 Å². The van der Waals surface area contributed by atoms with Crippen molar-refractivity contribution in [1.29, 1.82) is 5.26 Å². The van der Waals surface area contributed by atoms with Crippen LogP contribution in [-0.4, -0.2) is 34.0 Å². The van der Waals surface area contributed by atoms with Crippen molar-refractivity contribution in [3.05, 3.63) is 81.2 Å². The van der Waals surface area contributed by atoms with E-state index in [0.717, 1.165) is 0 Å². The summed E-state index contributed by atoms with van der Waals surface area (Å²) in [5.41, 5.74) is 0.551. The molecule has 0 aliphatic rings. The van der Waals surface area contributed by atoms with Gasteiger partial charge in [-0.05, 0) is 43.3 Å². The molecule has 1 amide bonds. The molecule has 0 fully saturated rings. The number of carbonyl (C=O) groups excluding carboxylic acids is 2. The molecular weight excluding hydrogens is 452 g/mol. The third-order valence-corrected chi connectivity index (χ3v) is 5.35. The predicted octanol–water partition coefficient (Wildman–Crippen LogP) is 3.61. The molecule has 3 aromatic rings. The van der Waals surface area contributed by atoms with Crippen LogP contribution in [0.4, 0.5) is 5.69 Å². The Kier molecular flexibility index (Phi) is 7.65. The zero-order valence-corrected chi connectivity index (χ0v) is 18.4. The number of amides is 1. The second-order valence-electron chi connectivity index (χ2n) is 6.45. The summed E-state index contributed by atoms with van der Waals surface area (Å²) in [6, 6.07) is 16.9. The molecule has 10 heteroatoms. The molecule has 32 heavy (non-hydrogen) atoms. The summed E-state index contributed by atoms with van der Waals surface area (Å²) in [5.74, 6) is -1.38. The standard InChI is InChI=1S/C22H17ClN4O4S/c1-14-12-18(28)21(26-27(14)16-8-6-15(23)7-9-16)22(30)31-13-20(29)25-17-4-2-3-5-19(17)32-11-10-24/h2-9,12H,11,13H2,1H3,(H,25,29). The smallest absolute Gasteiger partial charge is 0.363 e. The Morgan fingerprint density at radius 3 is 2.66 bits per heavy atom. The summed E-state index contributed by atoms with van der Waals surface area (Å²) >= 11 is 7.17. The zero-order chi connectivity index (χ0) is 23.1. The Bertz CT molecular complexity index is 1250. The number of benzene rings is 2. The minimum absolute atomic E-state index is 0.223. The van der Waals surface area contributed by atoms with E-state index in [1.54, 1.807) is 55.5 Å². The monoisotopic (exact) mass is 468 g/mol. The van der Waals surface area contributed by atoms with Crippen LogP contribution in [0, 0.1) is 18.3 Å². The summed E-state index contributed by atoms with van der Waals surface area (Å²) in [6.45, 7) is 1.07. The van der Waals surface area contributed by atoms with E-state index in [1.165, 1.54) is 22.5 Å². The number of hydrogen-bond acceptors (Lipinski definition) is 7. The molecular formula is C22H17ClN4O4S. The molecule has 0 spiro atoms. The number of thioether (sulfide) groups is 1. The maximum atomic E-state index is 12.4. The molecule has 162 valence electrons. The Labute approximate surface area is 192 Å². The number of halogens is 1. The van der Waals surface area contributed by atoms with E-state index >= 15 is 0 Å². The highest BCUT2D eigenvalue weighted by molar-refractivity contribution is 7.99. The van der Waals surface area contributed by atoms with Gasteiger partial charge in [-0.3, -0.25) is 9.59 Å². The van der Waals surface area contributed by atoms with Crippen LogP contribution in [0.1, 0.15) is 16.2 Å². The van der Waals surface area contributed by atoms with E-state index in [2.05, 4.69) is 10.4 Å². The number of nitrogens with zero attached hydrogens (tertiary/aromatic N) is 3. The lowest BCUT2D eigenvalue weighted by molar-refractivity contribution is -0.119. The van der Waals surface area contributed by atoms with Gasteiger partial charge in [-0.25, -0.2) is 9.48 Å². The van der Waals surface area contributed by atoms with E-state index in [4.69, 9.17) is 21.6 Å². The fourth-order valence-corrected chi connectivity index (χ4v) is 3.52. The molecule has 1 N–H and O–H groups in total. The van der Waals surface area contributed by atoms with E-state index in [-0.39, 0.29) is 5.75 Å². The Hall–Kier alpha value is -3.61. The molecule has 3 rings (SSSR count). The highest BCUT2D eigenvalue weighted by Gasteiger charge is 2.18. The topological polar surface area (TPSA) is 114 Å². The van der Waals surface area contributed by atoms with Gasteiger partial charge < -0.3 is 10.1 Å². The molecule has 0 saturated heterocycles. The van der Waals surface area contributed by atoms with E-state index in [0.29, 0.717) is 27.0 Å². The molecule has 2 aromatic carbocycles. The highest BCUT2D eigenvalue weighted by atomic mass is 35.5. The van der Waals surface area contributed by atoms with E-state index in [1.807, 2.05) is 6.07 Å². The molecule has 1 heterocycles. The number of aryl methyl sites for hydroxylation is 1. The summed E-state index contributed by atoms with van der Waals surface area (Å²) in [6.07, 6.45) is 0. The van der Waals surface area contributed by atoms with Gasteiger partial charge in [0.15, 0.2) is 6.61 Å². The summed E-state index contributed by atoms with van der Waals surface area (Å²) < 4.78 is 6.42. The number of carbonyl (C=O) groups is 2. The van der Waals surface area contributed by atoms with Gasteiger partial charge in [0.05, 0.1) is 23.2 Å². The summed E-state index contributed by atoms with van der Waals surface area (Å²) in [5, 5.41) is 16.0. The lowest BCUT2D eigenvalue weighted by Gasteiger charge is -2.12. The van der Waals surface area contributed by atoms with Crippen molar-refractivity contribution in [3.63, 3.8) is 0 Å².